The summed E-state index contributed by atoms with van der Waals surface area (Å²) < 4.78 is 26.2. The van der Waals surface area contributed by atoms with Gasteiger partial charge in [0.25, 0.3) is 0 Å². The van der Waals surface area contributed by atoms with E-state index in [0.29, 0.717) is 12.8 Å². The van der Waals surface area contributed by atoms with E-state index in [4.69, 9.17) is 19.3 Å². The number of phosphoric ester groups is 1. The fourth-order valence-corrected chi connectivity index (χ4v) is 5.63. The highest BCUT2D eigenvalue weighted by molar-refractivity contribution is 7.46. The van der Waals surface area contributed by atoms with Gasteiger partial charge in [0.2, 0.25) is 0 Å². The van der Waals surface area contributed by atoms with Gasteiger partial charge >= 0.3 is 19.8 Å². The summed E-state index contributed by atoms with van der Waals surface area (Å²) in [7, 11) is -4.83. The Morgan fingerprint density at radius 1 is 0.566 bits per heavy atom. The van der Waals surface area contributed by atoms with Gasteiger partial charge in [-0.05, 0) is 83.5 Å². The molecule has 0 heterocycles. The Morgan fingerprint density at radius 3 is 1.58 bits per heavy atom. The van der Waals surface area contributed by atoms with Crippen molar-refractivity contribution >= 4 is 19.8 Å². The van der Waals surface area contributed by atoms with Crippen LogP contribution in [-0.2, 0) is 28.2 Å². The van der Waals surface area contributed by atoms with E-state index in [9.17, 15) is 24.4 Å². The molecule has 306 valence electrons. The van der Waals surface area contributed by atoms with Gasteiger partial charge < -0.3 is 29.5 Å². The van der Waals surface area contributed by atoms with Crippen LogP contribution in [0.2, 0.25) is 0 Å². The van der Waals surface area contributed by atoms with E-state index < -0.39 is 51.3 Å². The smallest absolute Gasteiger partial charge is 0.462 e. The minimum absolute atomic E-state index is 0.0513. The van der Waals surface area contributed by atoms with E-state index in [1.54, 1.807) is 0 Å². The van der Waals surface area contributed by atoms with Crippen LogP contribution in [0.25, 0.3) is 0 Å². The normalized spacial score (nSPS) is 14.3. The summed E-state index contributed by atoms with van der Waals surface area (Å²) in [6, 6.07) is 0. The molecular formula is C42H73O10P. The number of esters is 2. The number of rotatable bonds is 36. The lowest BCUT2D eigenvalue weighted by atomic mass is 10.0. The molecule has 0 aromatic carbocycles. The van der Waals surface area contributed by atoms with Gasteiger partial charge in [0.1, 0.15) is 6.61 Å². The standard InChI is InChI=1S/C42H73O10P/c1-3-5-7-9-11-13-15-17-18-19-20-22-24-26-28-30-34-42(46)52-38(37-51-53(47,48)49)36-50-41(45)35-31-33-40(44)39(43)32-29-27-25-23-21-16-14-12-10-8-6-4-2/h11-14,17-18,21,23,27,29,38-40,43-44H,3-10,15-16,19-20,22,24-26,28,30-37H2,1-2H3,(H2,47,48,49)/b13-11-,14-12-,18-17-,23-21-,29-27-/t38-,39?,40?/m1/s1. The number of allylic oxidation sites excluding steroid dienone is 9. The third-order valence-corrected chi connectivity index (χ3v) is 8.95. The zero-order chi connectivity index (χ0) is 39.3. The number of ether oxygens (including phenoxy) is 2. The van der Waals surface area contributed by atoms with Gasteiger partial charge in [0.15, 0.2) is 6.10 Å². The Kier molecular flexibility index (Phi) is 35.0. The van der Waals surface area contributed by atoms with Crippen LogP contribution in [0, 0.1) is 0 Å². The van der Waals surface area contributed by atoms with Crippen LogP contribution in [0.1, 0.15) is 162 Å². The van der Waals surface area contributed by atoms with Gasteiger partial charge in [0.05, 0.1) is 18.8 Å². The SMILES string of the molecule is CCCCC/C=C\C/C=C\C/C=C\CC(O)C(O)CCCC(=O)OC[C@H](COP(=O)(O)O)OC(=O)CCCCCCCC/C=C\C/C=C\CCCCC. The van der Waals surface area contributed by atoms with Crippen LogP contribution in [0.15, 0.2) is 60.8 Å². The van der Waals surface area contributed by atoms with Gasteiger partial charge in [-0.2, -0.15) is 0 Å². The molecule has 0 rings (SSSR count). The molecule has 0 radical (unpaired) electrons. The number of aliphatic hydroxyl groups excluding tert-OH is 2. The van der Waals surface area contributed by atoms with E-state index in [2.05, 4.69) is 67.0 Å². The number of carbonyl (C=O) groups is 2. The minimum atomic E-state index is -4.83. The van der Waals surface area contributed by atoms with Crippen molar-refractivity contribution in [3.8, 4) is 0 Å². The fraction of sp³-hybridized carbons (Fsp3) is 0.714. The molecule has 0 aromatic heterocycles. The van der Waals surface area contributed by atoms with Gasteiger partial charge in [-0.1, -0.05) is 126 Å². The van der Waals surface area contributed by atoms with Gasteiger partial charge in [0, 0.05) is 12.8 Å². The molecule has 0 aliphatic heterocycles. The van der Waals surface area contributed by atoms with E-state index in [0.717, 1.165) is 70.6 Å². The summed E-state index contributed by atoms with van der Waals surface area (Å²) in [5.74, 6) is -1.19. The molecule has 0 fully saturated rings. The molecule has 2 unspecified atom stereocenters. The Labute approximate surface area is 321 Å². The van der Waals surface area contributed by atoms with Gasteiger partial charge in [-0.15, -0.1) is 0 Å². The first-order chi connectivity index (χ1) is 25.6. The maximum atomic E-state index is 12.4. The highest BCUT2D eigenvalue weighted by Crippen LogP contribution is 2.36. The third kappa shape index (κ3) is 37.8. The van der Waals surface area contributed by atoms with Crippen LogP contribution in [0.3, 0.4) is 0 Å². The molecule has 0 amide bonds. The molecule has 3 atom stereocenters. The third-order valence-electron chi connectivity index (χ3n) is 8.46. The summed E-state index contributed by atoms with van der Waals surface area (Å²) in [5.41, 5.74) is 0. The van der Waals surface area contributed by atoms with E-state index in [-0.39, 0.29) is 25.7 Å². The largest absolute Gasteiger partial charge is 0.469 e. The predicted octanol–water partition coefficient (Wildman–Crippen LogP) is 10.1. The zero-order valence-corrected chi connectivity index (χ0v) is 33.8. The first-order valence-electron chi connectivity index (χ1n) is 20.2. The summed E-state index contributed by atoms with van der Waals surface area (Å²) in [6.45, 7) is 3.36. The molecule has 0 bridgehead atoms. The Bertz CT molecular complexity index is 1080. The quantitative estimate of drug-likeness (QED) is 0.0209. The second kappa shape index (κ2) is 36.6. The molecule has 0 aromatic rings. The van der Waals surface area contributed by atoms with Crippen LogP contribution in [0.5, 0.6) is 0 Å². The average molecular weight is 769 g/mol. The lowest BCUT2D eigenvalue weighted by Crippen LogP contribution is -2.29. The summed E-state index contributed by atoms with van der Waals surface area (Å²) >= 11 is 0. The molecule has 11 heteroatoms. The maximum Gasteiger partial charge on any atom is 0.469 e. The molecule has 53 heavy (non-hydrogen) atoms. The van der Waals surface area contributed by atoms with Crippen molar-refractivity contribution in [3.05, 3.63) is 60.8 Å². The molecule has 0 aliphatic rings. The molecule has 0 spiro atoms. The van der Waals surface area contributed by atoms with Gasteiger partial charge in [-0.25, -0.2) is 4.57 Å². The first kappa shape index (κ1) is 50.7. The lowest BCUT2D eigenvalue weighted by Gasteiger charge is -2.19. The van der Waals surface area contributed by atoms with Crippen molar-refractivity contribution in [1.29, 1.82) is 0 Å². The average Bonchev–Trinajstić information content (AvgIpc) is 3.12. The second-order valence-corrected chi connectivity index (χ2v) is 14.8. The summed E-state index contributed by atoms with van der Waals surface area (Å²) in [5, 5.41) is 20.5. The topological polar surface area (TPSA) is 160 Å². The number of hydrogen-bond donors (Lipinski definition) is 4. The number of phosphoric acid groups is 1. The van der Waals surface area contributed by atoms with Crippen molar-refractivity contribution in [2.75, 3.05) is 13.2 Å². The number of unbranched alkanes of at least 4 members (excludes halogenated alkanes) is 12. The Balaban J connectivity index is 4.22. The summed E-state index contributed by atoms with van der Waals surface area (Å²) in [6.07, 6.45) is 38.2. The highest BCUT2D eigenvalue weighted by Gasteiger charge is 2.23. The highest BCUT2D eigenvalue weighted by atomic mass is 31.2. The number of hydrogen-bond acceptors (Lipinski definition) is 8. The molecule has 4 N–H and O–H groups in total. The zero-order valence-electron chi connectivity index (χ0n) is 32.9. The molecule has 0 aliphatic carbocycles. The number of aliphatic hydroxyl groups is 2. The first-order valence-corrected chi connectivity index (χ1v) is 21.8. The van der Waals surface area contributed by atoms with Crippen LogP contribution in [0.4, 0.5) is 0 Å². The lowest BCUT2D eigenvalue weighted by molar-refractivity contribution is -0.161. The van der Waals surface area contributed by atoms with Crippen LogP contribution in [-0.4, -0.2) is 63.5 Å². The molecular weight excluding hydrogens is 695 g/mol. The maximum absolute atomic E-state index is 12.4. The second-order valence-electron chi connectivity index (χ2n) is 13.6. The summed E-state index contributed by atoms with van der Waals surface area (Å²) in [4.78, 5) is 42.8. The minimum Gasteiger partial charge on any atom is -0.462 e. The van der Waals surface area contributed by atoms with Crippen LogP contribution >= 0.6 is 7.82 Å². The van der Waals surface area contributed by atoms with E-state index in [1.807, 2.05) is 12.2 Å². The van der Waals surface area contributed by atoms with Crippen molar-refractivity contribution < 1.29 is 48.2 Å². The molecule has 0 saturated heterocycles. The Hall–Kier alpha value is -2.33. The van der Waals surface area contributed by atoms with Crippen molar-refractivity contribution in [3.63, 3.8) is 0 Å². The molecule has 0 saturated carbocycles. The van der Waals surface area contributed by atoms with E-state index in [1.165, 1.54) is 38.5 Å². The fourth-order valence-electron chi connectivity index (χ4n) is 5.27. The molecule has 10 nitrogen and oxygen atoms in total. The van der Waals surface area contributed by atoms with Crippen molar-refractivity contribution in [2.45, 2.75) is 180 Å². The van der Waals surface area contributed by atoms with Crippen molar-refractivity contribution in [1.82, 2.24) is 0 Å². The monoisotopic (exact) mass is 768 g/mol. The van der Waals surface area contributed by atoms with Crippen molar-refractivity contribution in [2.24, 2.45) is 0 Å². The van der Waals surface area contributed by atoms with Gasteiger partial charge in [-0.3, -0.25) is 14.1 Å². The Morgan fingerprint density at radius 2 is 1.04 bits per heavy atom. The predicted molar refractivity (Wildman–Crippen MR) is 214 cm³/mol. The van der Waals surface area contributed by atoms with E-state index >= 15 is 0 Å². The number of carbonyl (C=O) groups excluding carboxylic acids is 2. The van der Waals surface area contributed by atoms with Crippen LogP contribution < -0.4 is 0 Å².